The molecule has 0 amide bonds. The Labute approximate surface area is 130 Å². The molecule has 0 fully saturated rings. The molecular formula is C16H16BrNOS. The molecule has 4 heteroatoms. The molecule has 2 aromatic carbocycles. The van der Waals surface area contributed by atoms with Gasteiger partial charge in [-0.15, -0.1) is 0 Å². The molecule has 104 valence electrons. The van der Waals surface area contributed by atoms with Gasteiger partial charge >= 0.3 is 0 Å². The molecule has 2 nitrogen and oxygen atoms in total. The summed E-state index contributed by atoms with van der Waals surface area (Å²) in [5.74, 6) is 0. The van der Waals surface area contributed by atoms with Crippen LogP contribution in [0.15, 0.2) is 51.8 Å². The maximum Gasteiger partial charge on any atom is 0.150 e. The van der Waals surface area contributed by atoms with Crippen LogP contribution < -0.4 is 4.72 Å². The number of rotatable bonds is 3. The summed E-state index contributed by atoms with van der Waals surface area (Å²) in [5, 5.41) is 0. The zero-order chi connectivity index (χ0) is 13.9. The van der Waals surface area contributed by atoms with E-state index in [4.69, 9.17) is 0 Å². The van der Waals surface area contributed by atoms with Crippen molar-refractivity contribution in [3.63, 3.8) is 0 Å². The topological polar surface area (TPSA) is 29.1 Å². The van der Waals surface area contributed by atoms with Gasteiger partial charge in [0.1, 0.15) is 11.0 Å². The highest BCUT2D eigenvalue weighted by molar-refractivity contribution is 9.10. The largest absolute Gasteiger partial charge is 0.301 e. The molecule has 0 saturated heterocycles. The van der Waals surface area contributed by atoms with E-state index in [0.29, 0.717) is 0 Å². The lowest BCUT2D eigenvalue weighted by Gasteiger charge is -2.21. The van der Waals surface area contributed by atoms with E-state index in [2.05, 4.69) is 26.7 Å². The van der Waals surface area contributed by atoms with Crippen molar-refractivity contribution in [1.82, 2.24) is 0 Å². The van der Waals surface area contributed by atoms with Crippen LogP contribution in [0.1, 0.15) is 24.0 Å². The fourth-order valence-corrected chi connectivity index (χ4v) is 4.11. The quantitative estimate of drug-likeness (QED) is 0.870. The second kappa shape index (κ2) is 6.10. The van der Waals surface area contributed by atoms with Crippen LogP contribution in [0.25, 0.3) is 0 Å². The summed E-state index contributed by atoms with van der Waals surface area (Å²) in [6.07, 6.45) is 4.60. The first kappa shape index (κ1) is 13.8. The number of benzene rings is 2. The third-order valence-electron chi connectivity index (χ3n) is 3.64. The first-order chi connectivity index (χ1) is 9.75. The average molecular weight is 350 g/mol. The molecule has 1 aliphatic carbocycles. The molecule has 0 aliphatic heterocycles. The van der Waals surface area contributed by atoms with Gasteiger partial charge in [-0.3, -0.25) is 0 Å². The Hall–Kier alpha value is -1.13. The van der Waals surface area contributed by atoms with Gasteiger partial charge in [0.25, 0.3) is 0 Å². The van der Waals surface area contributed by atoms with Crippen LogP contribution >= 0.6 is 15.9 Å². The van der Waals surface area contributed by atoms with Gasteiger partial charge < -0.3 is 4.72 Å². The minimum absolute atomic E-state index is 0.806. The predicted molar refractivity (Wildman–Crippen MR) is 87.3 cm³/mol. The van der Waals surface area contributed by atoms with Crippen molar-refractivity contribution in [2.24, 2.45) is 0 Å². The SMILES string of the molecule is O=S(Nc1ccc(Br)c2c1CCCC2)c1ccccc1. The predicted octanol–water partition coefficient (Wildman–Crippen LogP) is 4.46. The molecular weight excluding hydrogens is 334 g/mol. The Morgan fingerprint density at radius 1 is 0.950 bits per heavy atom. The fourth-order valence-electron chi connectivity index (χ4n) is 2.62. The highest BCUT2D eigenvalue weighted by Crippen LogP contribution is 2.34. The van der Waals surface area contributed by atoms with E-state index in [1.165, 1.54) is 28.4 Å². The molecule has 2 aromatic rings. The monoisotopic (exact) mass is 349 g/mol. The molecule has 0 radical (unpaired) electrons. The Kier molecular flexibility index (Phi) is 4.22. The Bertz CT molecular complexity index is 642. The van der Waals surface area contributed by atoms with Gasteiger partial charge in [-0.1, -0.05) is 34.1 Å². The molecule has 1 unspecified atom stereocenters. The van der Waals surface area contributed by atoms with Crippen LogP contribution in [0.5, 0.6) is 0 Å². The van der Waals surface area contributed by atoms with Crippen molar-refractivity contribution < 1.29 is 4.21 Å². The molecule has 1 N–H and O–H groups in total. The highest BCUT2D eigenvalue weighted by atomic mass is 79.9. The summed E-state index contributed by atoms with van der Waals surface area (Å²) in [7, 11) is -1.20. The smallest absolute Gasteiger partial charge is 0.150 e. The van der Waals surface area contributed by atoms with E-state index in [1.807, 2.05) is 36.4 Å². The van der Waals surface area contributed by atoms with Gasteiger partial charge in [-0.05, 0) is 61.1 Å². The van der Waals surface area contributed by atoms with Crippen LogP contribution in [0.2, 0.25) is 0 Å². The summed E-state index contributed by atoms with van der Waals surface area (Å²) < 4.78 is 16.7. The molecule has 1 aliphatic rings. The second-order valence-electron chi connectivity index (χ2n) is 4.94. The standard InChI is InChI=1S/C16H16BrNOS/c17-15-10-11-16(14-9-5-4-8-13(14)15)18-20(19)12-6-2-1-3-7-12/h1-3,6-7,10-11,18H,4-5,8-9H2. The summed E-state index contributed by atoms with van der Waals surface area (Å²) in [6.45, 7) is 0. The van der Waals surface area contributed by atoms with Crippen molar-refractivity contribution in [3.05, 3.63) is 58.1 Å². The van der Waals surface area contributed by atoms with Crippen LogP contribution in [0.3, 0.4) is 0 Å². The first-order valence-electron chi connectivity index (χ1n) is 6.79. The minimum Gasteiger partial charge on any atom is -0.301 e. The average Bonchev–Trinajstić information content (AvgIpc) is 2.51. The Morgan fingerprint density at radius 2 is 1.65 bits per heavy atom. The molecule has 0 spiro atoms. The maximum atomic E-state index is 12.4. The zero-order valence-corrected chi connectivity index (χ0v) is 13.5. The van der Waals surface area contributed by atoms with Crippen molar-refractivity contribution in [2.45, 2.75) is 30.6 Å². The number of fused-ring (bicyclic) bond motifs is 1. The number of hydrogen-bond acceptors (Lipinski definition) is 1. The van der Waals surface area contributed by atoms with E-state index in [9.17, 15) is 4.21 Å². The van der Waals surface area contributed by atoms with Crippen LogP contribution in [0.4, 0.5) is 5.69 Å². The van der Waals surface area contributed by atoms with E-state index in [0.717, 1.165) is 23.4 Å². The van der Waals surface area contributed by atoms with Gasteiger partial charge in [-0.25, -0.2) is 4.21 Å². The minimum atomic E-state index is -1.20. The first-order valence-corrected chi connectivity index (χ1v) is 8.74. The van der Waals surface area contributed by atoms with Crippen LogP contribution in [-0.4, -0.2) is 4.21 Å². The Balaban J connectivity index is 1.90. The van der Waals surface area contributed by atoms with E-state index in [1.54, 1.807) is 0 Å². The van der Waals surface area contributed by atoms with Crippen molar-refractivity contribution >= 4 is 32.6 Å². The van der Waals surface area contributed by atoms with Crippen LogP contribution in [0, 0.1) is 0 Å². The lowest BCUT2D eigenvalue weighted by atomic mass is 9.91. The van der Waals surface area contributed by atoms with Gasteiger partial charge in [-0.2, -0.15) is 0 Å². The lowest BCUT2D eigenvalue weighted by molar-refractivity contribution is 0.681. The molecule has 20 heavy (non-hydrogen) atoms. The van der Waals surface area contributed by atoms with Crippen molar-refractivity contribution in [1.29, 1.82) is 0 Å². The molecule has 3 rings (SSSR count). The number of hydrogen-bond donors (Lipinski definition) is 1. The Morgan fingerprint density at radius 3 is 2.40 bits per heavy atom. The summed E-state index contributed by atoms with van der Waals surface area (Å²) in [6, 6.07) is 13.6. The molecule has 0 bridgehead atoms. The van der Waals surface area contributed by atoms with Gasteiger partial charge in [0.2, 0.25) is 0 Å². The second-order valence-corrected chi connectivity index (χ2v) is 7.01. The third-order valence-corrected chi connectivity index (χ3v) is 5.49. The number of halogens is 1. The molecule has 1 atom stereocenters. The zero-order valence-electron chi connectivity index (χ0n) is 11.1. The summed E-state index contributed by atoms with van der Waals surface area (Å²) in [5.41, 5.74) is 3.69. The van der Waals surface area contributed by atoms with Gasteiger partial charge in [0, 0.05) is 4.47 Å². The van der Waals surface area contributed by atoms with Gasteiger partial charge in [0.15, 0.2) is 0 Å². The maximum absolute atomic E-state index is 12.4. The normalized spacial score (nSPS) is 15.4. The van der Waals surface area contributed by atoms with Gasteiger partial charge in [0.05, 0.1) is 10.6 Å². The van der Waals surface area contributed by atoms with E-state index in [-0.39, 0.29) is 0 Å². The molecule has 0 aromatic heterocycles. The number of anilines is 1. The highest BCUT2D eigenvalue weighted by Gasteiger charge is 2.17. The van der Waals surface area contributed by atoms with Crippen molar-refractivity contribution in [3.8, 4) is 0 Å². The van der Waals surface area contributed by atoms with E-state index >= 15 is 0 Å². The van der Waals surface area contributed by atoms with Crippen LogP contribution in [-0.2, 0) is 23.8 Å². The summed E-state index contributed by atoms with van der Waals surface area (Å²) >= 11 is 3.62. The molecule has 0 saturated carbocycles. The molecule has 0 heterocycles. The third kappa shape index (κ3) is 2.81. The lowest BCUT2D eigenvalue weighted by Crippen LogP contribution is -2.11. The van der Waals surface area contributed by atoms with Crippen molar-refractivity contribution in [2.75, 3.05) is 4.72 Å². The summed E-state index contributed by atoms with van der Waals surface area (Å²) in [4.78, 5) is 0.806. The fraction of sp³-hybridized carbons (Fsp3) is 0.250. The van der Waals surface area contributed by atoms with E-state index < -0.39 is 11.0 Å². The number of nitrogens with one attached hydrogen (secondary N) is 1.